The first-order valence-electron chi connectivity index (χ1n) is 18.3. The highest BCUT2D eigenvalue weighted by atomic mass is 14.9. The molecule has 1 aliphatic carbocycles. The average Bonchev–Trinajstić information content (AvgIpc) is 3.46. The van der Waals surface area contributed by atoms with Crippen LogP contribution in [0.15, 0.2) is 182 Å². The molecule has 2 heteroatoms. The SMILES string of the molecule is CC1(C)c2ccccc2-c2cccc(-c3ccc(-c4nc(-c5ccc(-c6ccccc6)cc5)cc(-c5cccc6ccccc56)n4)c4ccccc34)c21. The van der Waals surface area contributed by atoms with Crippen LogP contribution in [0, 0.1) is 0 Å². The molecular weight excluding hydrogens is 641 g/mol. The summed E-state index contributed by atoms with van der Waals surface area (Å²) in [5.41, 5.74) is 15.1. The molecule has 1 heterocycles. The van der Waals surface area contributed by atoms with E-state index in [0.717, 1.165) is 33.5 Å². The predicted molar refractivity (Wildman–Crippen MR) is 222 cm³/mol. The summed E-state index contributed by atoms with van der Waals surface area (Å²) in [4.78, 5) is 10.7. The van der Waals surface area contributed by atoms with Gasteiger partial charge < -0.3 is 0 Å². The zero-order chi connectivity index (χ0) is 35.5. The Morgan fingerprint density at radius 2 is 0.887 bits per heavy atom. The van der Waals surface area contributed by atoms with E-state index in [0.29, 0.717) is 5.82 Å². The summed E-state index contributed by atoms with van der Waals surface area (Å²) in [6.45, 7) is 4.72. The van der Waals surface area contributed by atoms with Crippen molar-refractivity contribution in [2.75, 3.05) is 0 Å². The zero-order valence-corrected chi connectivity index (χ0v) is 29.7. The molecular formula is C51H36N2. The lowest BCUT2D eigenvalue weighted by atomic mass is 9.78. The molecule has 2 nitrogen and oxygen atoms in total. The summed E-state index contributed by atoms with van der Waals surface area (Å²) in [5.74, 6) is 0.714. The van der Waals surface area contributed by atoms with E-state index in [1.165, 1.54) is 60.7 Å². The standard InChI is InChI=1S/C51H36N2/c1-51(2)46-25-11-10-21-41(46)44-24-13-23-43(49(44)51)40-30-31-45(39-20-9-8-19-38(39)40)50-52-47(36-28-26-34(27-29-36)33-14-4-3-5-15-33)32-48(53-50)42-22-12-17-35-16-6-7-18-37(35)42/h3-32H,1-2H3. The van der Waals surface area contributed by atoms with Gasteiger partial charge in [0.15, 0.2) is 5.82 Å². The van der Waals surface area contributed by atoms with Crippen molar-refractivity contribution < 1.29 is 0 Å². The highest BCUT2D eigenvalue weighted by molar-refractivity contribution is 6.06. The number of benzene rings is 8. The summed E-state index contributed by atoms with van der Waals surface area (Å²) in [5, 5.41) is 4.69. The van der Waals surface area contributed by atoms with Gasteiger partial charge in [-0.3, -0.25) is 0 Å². The Labute approximate surface area is 310 Å². The summed E-state index contributed by atoms with van der Waals surface area (Å²) >= 11 is 0. The van der Waals surface area contributed by atoms with Crippen molar-refractivity contribution in [1.29, 1.82) is 0 Å². The number of hydrogen-bond acceptors (Lipinski definition) is 2. The quantitative estimate of drug-likeness (QED) is 0.181. The molecule has 0 radical (unpaired) electrons. The molecule has 9 aromatic rings. The van der Waals surface area contributed by atoms with Crippen LogP contribution in [0.5, 0.6) is 0 Å². The van der Waals surface area contributed by atoms with Crippen LogP contribution >= 0.6 is 0 Å². The molecule has 250 valence electrons. The van der Waals surface area contributed by atoms with Crippen LogP contribution in [0.25, 0.3) is 88.8 Å². The van der Waals surface area contributed by atoms with Gasteiger partial charge >= 0.3 is 0 Å². The Morgan fingerprint density at radius 1 is 0.358 bits per heavy atom. The second kappa shape index (κ2) is 12.3. The molecule has 0 aliphatic heterocycles. The van der Waals surface area contributed by atoms with Crippen molar-refractivity contribution in [1.82, 2.24) is 9.97 Å². The fourth-order valence-electron chi connectivity index (χ4n) is 8.57. The van der Waals surface area contributed by atoms with Crippen LogP contribution in [0.3, 0.4) is 0 Å². The third kappa shape index (κ3) is 5.10. The maximum atomic E-state index is 5.36. The van der Waals surface area contributed by atoms with Crippen molar-refractivity contribution in [2.24, 2.45) is 0 Å². The van der Waals surface area contributed by atoms with E-state index in [2.05, 4.69) is 196 Å². The lowest BCUT2D eigenvalue weighted by molar-refractivity contribution is 0.662. The van der Waals surface area contributed by atoms with Crippen LogP contribution < -0.4 is 0 Å². The van der Waals surface area contributed by atoms with Crippen LogP contribution in [0.4, 0.5) is 0 Å². The lowest BCUT2D eigenvalue weighted by Crippen LogP contribution is -2.16. The van der Waals surface area contributed by atoms with Gasteiger partial charge in [-0.2, -0.15) is 0 Å². The normalized spacial score (nSPS) is 12.9. The molecule has 0 saturated heterocycles. The molecule has 1 aromatic heterocycles. The van der Waals surface area contributed by atoms with E-state index in [1.807, 2.05) is 0 Å². The molecule has 0 saturated carbocycles. The van der Waals surface area contributed by atoms with Gasteiger partial charge in [0, 0.05) is 22.1 Å². The van der Waals surface area contributed by atoms with Gasteiger partial charge in [0.25, 0.3) is 0 Å². The minimum absolute atomic E-state index is 0.122. The first-order valence-corrected chi connectivity index (χ1v) is 18.3. The fraction of sp³-hybridized carbons (Fsp3) is 0.0588. The minimum atomic E-state index is -0.122. The summed E-state index contributed by atoms with van der Waals surface area (Å²) in [6, 6.07) is 65.3. The van der Waals surface area contributed by atoms with Crippen molar-refractivity contribution >= 4 is 21.5 Å². The first-order chi connectivity index (χ1) is 26.0. The monoisotopic (exact) mass is 676 g/mol. The van der Waals surface area contributed by atoms with Crippen molar-refractivity contribution in [3.05, 3.63) is 193 Å². The van der Waals surface area contributed by atoms with Gasteiger partial charge in [0.2, 0.25) is 0 Å². The van der Waals surface area contributed by atoms with Crippen LogP contribution in [-0.4, -0.2) is 9.97 Å². The van der Waals surface area contributed by atoms with Gasteiger partial charge in [-0.15, -0.1) is 0 Å². The van der Waals surface area contributed by atoms with Gasteiger partial charge in [0.05, 0.1) is 11.4 Å². The highest BCUT2D eigenvalue weighted by Crippen LogP contribution is 2.53. The Hall–Kier alpha value is -6.64. The van der Waals surface area contributed by atoms with Crippen LogP contribution in [-0.2, 0) is 5.41 Å². The maximum Gasteiger partial charge on any atom is 0.161 e. The van der Waals surface area contributed by atoms with E-state index >= 15 is 0 Å². The number of rotatable bonds is 5. The largest absolute Gasteiger partial charge is 0.228 e. The third-order valence-electron chi connectivity index (χ3n) is 11.1. The fourth-order valence-corrected chi connectivity index (χ4v) is 8.57. The second-order valence-corrected chi connectivity index (χ2v) is 14.5. The molecule has 0 spiro atoms. The topological polar surface area (TPSA) is 25.8 Å². The molecule has 0 amide bonds. The molecule has 8 aromatic carbocycles. The molecule has 0 unspecified atom stereocenters. The van der Waals surface area contributed by atoms with Crippen LogP contribution in [0.1, 0.15) is 25.0 Å². The molecule has 0 N–H and O–H groups in total. The molecule has 53 heavy (non-hydrogen) atoms. The van der Waals surface area contributed by atoms with Gasteiger partial charge in [-0.05, 0) is 78.2 Å². The zero-order valence-electron chi connectivity index (χ0n) is 29.7. The molecule has 1 aliphatic rings. The van der Waals surface area contributed by atoms with Crippen molar-refractivity contribution in [2.45, 2.75) is 19.3 Å². The highest BCUT2D eigenvalue weighted by Gasteiger charge is 2.37. The Morgan fingerprint density at radius 3 is 1.70 bits per heavy atom. The molecule has 0 fully saturated rings. The maximum absolute atomic E-state index is 5.36. The van der Waals surface area contributed by atoms with E-state index < -0.39 is 0 Å². The predicted octanol–water partition coefficient (Wildman–Crippen LogP) is 13.4. The number of nitrogens with zero attached hydrogens (tertiary/aromatic N) is 2. The van der Waals surface area contributed by atoms with E-state index in [1.54, 1.807) is 0 Å². The number of fused-ring (bicyclic) bond motifs is 5. The van der Waals surface area contributed by atoms with Gasteiger partial charge in [-0.1, -0.05) is 184 Å². The summed E-state index contributed by atoms with van der Waals surface area (Å²) in [6.07, 6.45) is 0. The van der Waals surface area contributed by atoms with Crippen molar-refractivity contribution in [3.8, 4) is 67.3 Å². The average molecular weight is 677 g/mol. The summed E-state index contributed by atoms with van der Waals surface area (Å²) in [7, 11) is 0. The van der Waals surface area contributed by atoms with Gasteiger partial charge in [-0.25, -0.2) is 9.97 Å². The Bertz CT molecular complexity index is 2840. The Kier molecular flexibility index (Phi) is 7.19. The lowest BCUT2D eigenvalue weighted by Gasteiger charge is -2.25. The second-order valence-electron chi connectivity index (χ2n) is 14.5. The van der Waals surface area contributed by atoms with E-state index in [4.69, 9.17) is 9.97 Å². The third-order valence-corrected chi connectivity index (χ3v) is 11.1. The first kappa shape index (κ1) is 31.1. The van der Waals surface area contributed by atoms with Gasteiger partial charge in [0.1, 0.15) is 0 Å². The smallest absolute Gasteiger partial charge is 0.161 e. The van der Waals surface area contributed by atoms with Crippen molar-refractivity contribution in [3.63, 3.8) is 0 Å². The Balaban J connectivity index is 1.17. The molecule has 0 bridgehead atoms. The van der Waals surface area contributed by atoms with Crippen LogP contribution in [0.2, 0.25) is 0 Å². The van der Waals surface area contributed by atoms with E-state index in [-0.39, 0.29) is 5.41 Å². The minimum Gasteiger partial charge on any atom is -0.228 e. The number of hydrogen-bond donors (Lipinski definition) is 0. The van der Waals surface area contributed by atoms with E-state index in [9.17, 15) is 0 Å². The molecule has 0 atom stereocenters. The molecule has 10 rings (SSSR count). The number of aromatic nitrogens is 2. The summed E-state index contributed by atoms with van der Waals surface area (Å²) < 4.78 is 0.